The number of ether oxygens (including phenoxy) is 2. The maximum atomic E-state index is 12.1. The fourth-order valence-corrected chi connectivity index (χ4v) is 2.78. The number of hydrogen-bond donors (Lipinski definition) is 0. The average molecular weight is 351 g/mol. The summed E-state index contributed by atoms with van der Waals surface area (Å²) in [5, 5.41) is 13.1. The fourth-order valence-electron chi connectivity index (χ4n) is 1.82. The maximum absolute atomic E-state index is 12.1. The van der Waals surface area contributed by atoms with E-state index in [1.165, 1.54) is 22.3 Å². The number of rotatable bonds is 6. The quantitative estimate of drug-likeness (QED) is 0.502. The van der Waals surface area contributed by atoms with Crippen molar-refractivity contribution in [2.45, 2.75) is 0 Å². The molecule has 0 aliphatic rings. The molecule has 0 spiro atoms. The standard InChI is InChI=1S/C14H11ClN4O3S/c15-10-3-1-2-4-12(10)21-6-7-22-14(20)13-11(5-8-23-13)19-9-16-17-18-19/h1-5,8-9H,6-7H2. The van der Waals surface area contributed by atoms with Crippen LogP contribution in [0.25, 0.3) is 5.69 Å². The van der Waals surface area contributed by atoms with Crippen LogP contribution in [0.1, 0.15) is 9.67 Å². The van der Waals surface area contributed by atoms with Crippen molar-refractivity contribution >= 4 is 28.9 Å². The fraction of sp³-hybridized carbons (Fsp3) is 0.143. The Bertz CT molecular complexity index is 791. The van der Waals surface area contributed by atoms with E-state index in [4.69, 9.17) is 21.1 Å². The first-order valence-corrected chi connectivity index (χ1v) is 7.87. The molecule has 0 aliphatic carbocycles. The van der Waals surface area contributed by atoms with Gasteiger partial charge < -0.3 is 9.47 Å². The molecule has 0 bridgehead atoms. The van der Waals surface area contributed by atoms with Crippen molar-refractivity contribution in [3.05, 3.63) is 51.9 Å². The van der Waals surface area contributed by atoms with Gasteiger partial charge in [0.05, 0.1) is 10.7 Å². The monoisotopic (exact) mass is 350 g/mol. The third kappa shape index (κ3) is 3.66. The maximum Gasteiger partial charge on any atom is 0.350 e. The number of para-hydroxylation sites is 1. The topological polar surface area (TPSA) is 79.1 Å². The molecule has 0 saturated carbocycles. The van der Waals surface area contributed by atoms with Gasteiger partial charge >= 0.3 is 5.97 Å². The molecule has 0 N–H and O–H groups in total. The molecule has 3 rings (SSSR count). The lowest BCUT2D eigenvalue weighted by molar-refractivity contribution is 0.0456. The van der Waals surface area contributed by atoms with Crippen molar-refractivity contribution in [1.82, 2.24) is 20.2 Å². The van der Waals surface area contributed by atoms with E-state index in [9.17, 15) is 4.79 Å². The van der Waals surface area contributed by atoms with Crippen LogP contribution in [0, 0.1) is 0 Å². The number of esters is 1. The molecule has 0 unspecified atom stereocenters. The normalized spacial score (nSPS) is 10.5. The summed E-state index contributed by atoms with van der Waals surface area (Å²) in [5.41, 5.74) is 0.581. The Morgan fingerprint density at radius 1 is 1.26 bits per heavy atom. The number of nitrogens with zero attached hydrogens (tertiary/aromatic N) is 4. The molecule has 118 valence electrons. The van der Waals surface area contributed by atoms with Gasteiger partial charge in [-0.1, -0.05) is 23.7 Å². The zero-order chi connectivity index (χ0) is 16.1. The predicted octanol–water partition coefficient (Wildman–Crippen LogP) is 2.61. The van der Waals surface area contributed by atoms with Gasteiger partial charge in [0.25, 0.3) is 0 Å². The summed E-state index contributed by atoms with van der Waals surface area (Å²) in [6.07, 6.45) is 1.42. The van der Waals surface area contributed by atoms with Gasteiger partial charge in [0.15, 0.2) is 0 Å². The zero-order valence-corrected chi connectivity index (χ0v) is 13.3. The molecule has 3 aromatic rings. The number of hydrogen-bond acceptors (Lipinski definition) is 7. The first-order valence-electron chi connectivity index (χ1n) is 6.61. The summed E-state index contributed by atoms with van der Waals surface area (Å²) in [5.74, 6) is 0.101. The van der Waals surface area contributed by atoms with Gasteiger partial charge in [-0.3, -0.25) is 0 Å². The van der Waals surface area contributed by atoms with Crippen LogP contribution in [0.15, 0.2) is 42.0 Å². The van der Waals surface area contributed by atoms with Gasteiger partial charge in [0, 0.05) is 0 Å². The van der Waals surface area contributed by atoms with E-state index in [1.807, 2.05) is 12.1 Å². The molecule has 0 fully saturated rings. The molecule has 0 atom stereocenters. The van der Waals surface area contributed by atoms with Crippen LogP contribution >= 0.6 is 22.9 Å². The van der Waals surface area contributed by atoms with Crippen LogP contribution < -0.4 is 4.74 Å². The Morgan fingerprint density at radius 2 is 2.13 bits per heavy atom. The highest BCUT2D eigenvalue weighted by atomic mass is 35.5. The number of benzene rings is 1. The van der Waals surface area contributed by atoms with E-state index in [0.29, 0.717) is 21.3 Å². The van der Waals surface area contributed by atoms with Crippen LogP contribution in [0.5, 0.6) is 5.75 Å². The Morgan fingerprint density at radius 3 is 2.91 bits per heavy atom. The molecule has 0 saturated heterocycles. The number of thiophene rings is 1. The highest BCUT2D eigenvalue weighted by molar-refractivity contribution is 7.12. The Balaban J connectivity index is 1.55. The largest absolute Gasteiger partial charge is 0.488 e. The molecule has 1 aromatic carbocycles. The predicted molar refractivity (Wildman–Crippen MR) is 84.3 cm³/mol. The van der Waals surface area contributed by atoms with Gasteiger partial charge in [-0.05, 0) is 34.0 Å². The molecular weight excluding hydrogens is 340 g/mol. The van der Waals surface area contributed by atoms with E-state index in [2.05, 4.69) is 15.5 Å². The Kier molecular flexibility index (Phi) is 4.84. The first kappa shape index (κ1) is 15.4. The minimum absolute atomic E-state index is 0.108. The minimum atomic E-state index is -0.451. The molecule has 7 nitrogen and oxygen atoms in total. The summed E-state index contributed by atoms with van der Waals surface area (Å²) in [6, 6.07) is 8.86. The third-order valence-corrected chi connectivity index (χ3v) is 4.03. The van der Waals surface area contributed by atoms with E-state index in [0.717, 1.165) is 0 Å². The van der Waals surface area contributed by atoms with Crippen molar-refractivity contribution in [3.8, 4) is 11.4 Å². The molecular formula is C14H11ClN4O3S. The number of carbonyl (C=O) groups excluding carboxylic acids is 1. The Hall–Kier alpha value is -2.45. The van der Waals surface area contributed by atoms with Crippen LogP contribution in [0.4, 0.5) is 0 Å². The molecule has 2 heterocycles. The van der Waals surface area contributed by atoms with Crippen molar-refractivity contribution in [2.24, 2.45) is 0 Å². The number of halogens is 1. The summed E-state index contributed by atoms with van der Waals surface area (Å²) in [7, 11) is 0. The second-order valence-electron chi connectivity index (χ2n) is 4.30. The summed E-state index contributed by atoms with van der Waals surface area (Å²) in [4.78, 5) is 12.6. The highest BCUT2D eigenvalue weighted by Gasteiger charge is 2.17. The van der Waals surface area contributed by atoms with E-state index >= 15 is 0 Å². The number of aromatic nitrogens is 4. The van der Waals surface area contributed by atoms with Crippen molar-refractivity contribution < 1.29 is 14.3 Å². The van der Waals surface area contributed by atoms with Gasteiger partial charge in [-0.2, -0.15) is 4.68 Å². The molecule has 23 heavy (non-hydrogen) atoms. The van der Waals surface area contributed by atoms with Crippen molar-refractivity contribution in [3.63, 3.8) is 0 Å². The van der Waals surface area contributed by atoms with Crippen LogP contribution in [-0.2, 0) is 4.74 Å². The second-order valence-corrected chi connectivity index (χ2v) is 5.63. The van der Waals surface area contributed by atoms with Crippen LogP contribution in [0.2, 0.25) is 5.02 Å². The molecule has 2 aromatic heterocycles. The SMILES string of the molecule is O=C(OCCOc1ccccc1Cl)c1sccc1-n1cnnn1. The minimum Gasteiger partial charge on any atom is -0.488 e. The molecule has 0 aliphatic heterocycles. The lowest BCUT2D eigenvalue weighted by Crippen LogP contribution is -2.13. The average Bonchev–Trinajstić information content (AvgIpc) is 3.23. The van der Waals surface area contributed by atoms with Crippen molar-refractivity contribution in [1.29, 1.82) is 0 Å². The van der Waals surface area contributed by atoms with Crippen LogP contribution in [-0.4, -0.2) is 39.4 Å². The first-order chi connectivity index (χ1) is 11.3. The van der Waals surface area contributed by atoms with E-state index in [-0.39, 0.29) is 13.2 Å². The number of carbonyl (C=O) groups is 1. The van der Waals surface area contributed by atoms with Gasteiger partial charge in [0.2, 0.25) is 0 Å². The molecule has 9 heteroatoms. The van der Waals surface area contributed by atoms with Gasteiger partial charge in [0.1, 0.15) is 30.2 Å². The van der Waals surface area contributed by atoms with E-state index in [1.54, 1.807) is 23.6 Å². The summed E-state index contributed by atoms with van der Waals surface area (Å²) < 4.78 is 12.1. The third-order valence-electron chi connectivity index (χ3n) is 2.84. The zero-order valence-electron chi connectivity index (χ0n) is 11.8. The lowest BCUT2D eigenvalue weighted by Gasteiger charge is -2.08. The number of tetrazole rings is 1. The summed E-state index contributed by atoms with van der Waals surface area (Å²) >= 11 is 7.23. The van der Waals surface area contributed by atoms with Crippen LogP contribution in [0.3, 0.4) is 0 Å². The van der Waals surface area contributed by atoms with Gasteiger partial charge in [-0.25, -0.2) is 4.79 Å². The smallest absolute Gasteiger partial charge is 0.350 e. The Labute approximate surface area is 140 Å². The van der Waals surface area contributed by atoms with Gasteiger partial charge in [-0.15, -0.1) is 16.4 Å². The molecule has 0 radical (unpaired) electrons. The highest BCUT2D eigenvalue weighted by Crippen LogP contribution is 2.23. The van der Waals surface area contributed by atoms with Crippen molar-refractivity contribution in [2.75, 3.05) is 13.2 Å². The lowest BCUT2D eigenvalue weighted by atomic mass is 10.3. The summed E-state index contributed by atoms with van der Waals surface area (Å²) in [6.45, 7) is 0.318. The second kappa shape index (κ2) is 7.21. The van der Waals surface area contributed by atoms with E-state index < -0.39 is 5.97 Å². The molecule has 0 amide bonds.